The van der Waals surface area contributed by atoms with Crippen molar-refractivity contribution < 1.29 is 14.3 Å². The van der Waals surface area contributed by atoms with Crippen LogP contribution in [0.15, 0.2) is 42.5 Å². The third-order valence-electron chi connectivity index (χ3n) is 4.51. The Hall–Kier alpha value is -2.46. The largest absolute Gasteiger partial charge is 0.461 e. The molecule has 2 aromatic rings. The average molecular weight is 323 g/mol. The number of ether oxygens (including phenoxy) is 1. The summed E-state index contributed by atoms with van der Waals surface area (Å²) in [6.45, 7) is 7.08. The van der Waals surface area contributed by atoms with E-state index in [4.69, 9.17) is 4.74 Å². The van der Waals surface area contributed by atoms with Crippen LogP contribution in [0.2, 0.25) is 0 Å². The number of likely N-dealkylation sites (N-methyl/N-ethyl adjacent to an activating group) is 1. The van der Waals surface area contributed by atoms with Crippen molar-refractivity contribution in [1.82, 2.24) is 4.90 Å². The molecule has 0 spiro atoms. The molecular weight excluding hydrogens is 302 g/mol. The number of fused-ring (bicyclic) bond motifs is 3. The third kappa shape index (κ3) is 2.85. The molecule has 0 amide bonds. The fourth-order valence-electron chi connectivity index (χ4n) is 3.13. The second-order valence-electron chi connectivity index (χ2n) is 5.77. The van der Waals surface area contributed by atoms with Crippen LogP contribution in [0.25, 0.3) is 11.1 Å². The summed E-state index contributed by atoms with van der Waals surface area (Å²) in [6, 6.07) is 12.6. The summed E-state index contributed by atoms with van der Waals surface area (Å²) in [5.41, 5.74) is 3.20. The summed E-state index contributed by atoms with van der Waals surface area (Å²) in [7, 11) is 0. The minimum atomic E-state index is -0.372. The maximum absolute atomic E-state index is 12.5. The van der Waals surface area contributed by atoms with Gasteiger partial charge in [-0.25, -0.2) is 4.79 Å². The van der Waals surface area contributed by atoms with Gasteiger partial charge in [0, 0.05) is 23.2 Å². The molecule has 124 valence electrons. The van der Waals surface area contributed by atoms with Crippen LogP contribution in [0.3, 0.4) is 0 Å². The van der Waals surface area contributed by atoms with E-state index in [1.165, 1.54) is 0 Å². The summed E-state index contributed by atoms with van der Waals surface area (Å²) < 4.78 is 5.45. The van der Waals surface area contributed by atoms with Crippen molar-refractivity contribution in [2.24, 2.45) is 0 Å². The fourth-order valence-corrected chi connectivity index (χ4v) is 3.13. The van der Waals surface area contributed by atoms with Crippen molar-refractivity contribution in [2.45, 2.75) is 13.8 Å². The Morgan fingerprint density at radius 3 is 2.33 bits per heavy atom. The van der Waals surface area contributed by atoms with Crippen molar-refractivity contribution in [1.29, 1.82) is 0 Å². The van der Waals surface area contributed by atoms with E-state index in [1.54, 1.807) is 24.3 Å². The zero-order chi connectivity index (χ0) is 17.1. The number of carbonyl (C=O) groups excluding carboxylic acids is 2. The molecule has 0 atom stereocenters. The highest BCUT2D eigenvalue weighted by molar-refractivity contribution is 6.24. The maximum atomic E-state index is 12.5. The predicted octanol–water partition coefficient (Wildman–Crippen LogP) is 3.40. The molecule has 0 radical (unpaired) electrons. The summed E-state index contributed by atoms with van der Waals surface area (Å²) >= 11 is 0. The van der Waals surface area contributed by atoms with Crippen molar-refractivity contribution in [3.63, 3.8) is 0 Å². The zero-order valence-electron chi connectivity index (χ0n) is 14.0. The van der Waals surface area contributed by atoms with Crippen LogP contribution in [0, 0.1) is 0 Å². The highest BCUT2D eigenvalue weighted by Gasteiger charge is 2.30. The number of ketones is 1. The van der Waals surface area contributed by atoms with Crippen LogP contribution in [0.1, 0.15) is 40.1 Å². The highest BCUT2D eigenvalue weighted by Crippen LogP contribution is 2.38. The quantitative estimate of drug-likeness (QED) is 0.652. The second kappa shape index (κ2) is 6.97. The van der Waals surface area contributed by atoms with E-state index >= 15 is 0 Å². The lowest BCUT2D eigenvalue weighted by atomic mass is 9.99. The molecule has 24 heavy (non-hydrogen) atoms. The number of carbonyl (C=O) groups is 2. The van der Waals surface area contributed by atoms with Crippen LogP contribution in [0.4, 0.5) is 0 Å². The summed E-state index contributed by atoms with van der Waals surface area (Å²) in [5.74, 6) is -0.401. The number of rotatable bonds is 6. The molecule has 0 bridgehead atoms. The van der Waals surface area contributed by atoms with E-state index in [-0.39, 0.29) is 11.8 Å². The van der Waals surface area contributed by atoms with E-state index in [0.717, 1.165) is 18.7 Å². The van der Waals surface area contributed by atoms with Crippen LogP contribution in [0.5, 0.6) is 0 Å². The van der Waals surface area contributed by atoms with Gasteiger partial charge in [-0.1, -0.05) is 50.2 Å². The molecule has 1 aliphatic carbocycles. The lowest BCUT2D eigenvalue weighted by Gasteiger charge is -2.17. The first-order chi connectivity index (χ1) is 11.7. The molecule has 0 saturated heterocycles. The molecule has 0 aliphatic heterocycles. The molecule has 0 fully saturated rings. The summed E-state index contributed by atoms with van der Waals surface area (Å²) in [6.07, 6.45) is 0. The van der Waals surface area contributed by atoms with E-state index < -0.39 is 0 Å². The number of benzene rings is 2. The first-order valence-corrected chi connectivity index (χ1v) is 8.34. The molecule has 2 aromatic carbocycles. The molecule has 0 heterocycles. The zero-order valence-corrected chi connectivity index (χ0v) is 14.0. The normalized spacial score (nSPS) is 12.2. The monoisotopic (exact) mass is 323 g/mol. The van der Waals surface area contributed by atoms with Gasteiger partial charge in [0.2, 0.25) is 0 Å². The molecular formula is C20H21NO3. The average Bonchev–Trinajstić information content (AvgIpc) is 2.92. The Balaban J connectivity index is 1.84. The van der Waals surface area contributed by atoms with Gasteiger partial charge in [-0.2, -0.15) is 0 Å². The third-order valence-corrected chi connectivity index (χ3v) is 4.51. The minimum absolute atomic E-state index is 0.0293. The second-order valence-corrected chi connectivity index (χ2v) is 5.77. The molecule has 0 aromatic heterocycles. The summed E-state index contributed by atoms with van der Waals surface area (Å²) in [5, 5.41) is 0. The van der Waals surface area contributed by atoms with Gasteiger partial charge in [-0.15, -0.1) is 0 Å². The van der Waals surface area contributed by atoms with E-state index in [9.17, 15) is 9.59 Å². The van der Waals surface area contributed by atoms with Crippen LogP contribution >= 0.6 is 0 Å². The van der Waals surface area contributed by atoms with Crippen molar-refractivity contribution in [2.75, 3.05) is 26.2 Å². The summed E-state index contributed by atoms with van der Waals surface area (Å²) in [4.78, 5) is 27.2. The van der Waals surface area contributed by atoms with Crippen molar-refractivity contribution in [3.8, 4) is 11.1 Å². The lowest BCUT2D eigenvalue weighted by Crippen LogP contribution is -2.28. The molecule has 0 unspecified atom stereocenters. The lowest BCUT2D eigenvalue weighted by molar-refractivity contribution is 0.0467. The van der Waals surface area contributed by atoms with Gasteiger partial charge in [-0.05, 0) is 24.7 Å². The molecule has 4 nitrogen and oxygen atoms in total. The predicted molar refractivity (Wildman–Crippen MR) is 93.4 cm³/mol. The molecule has 1 aliphatic rings. The Bertz CT molecular complexity index is 778. The minimum Gasteiger partial charge on any atom is -0.461 e. The van der Waals surface area contributed by atoms with Crippen LogP contribution < -0.4 is 0 Å². The maximum Gasteiger partial charge on any atom is 0.338 e. The van der Waals surface area contributed by atoms with Crippen LogP contribution in [-0.2, 0) is 4.74 Å². The number of hydrogen-bond donors (Lipinski definition) is 0. The Morgan fingerprint density at radius 2 is 1.62 bits per heavy atom. The number of hydrogen-bond acceptors (Lipinski definition) is 4. The number of nitrogens with zero attached hydrogens (tertiary/aromatic N) is 1. The van der Waals surface area contributed by atoms with Crippen molar-refractivity contribution in [3.05, 3.63) is 59.2 Å². The SMILES string of the molecule is CCN(CC)CCOC(=O)c1cccc2c1-c1ccccc1C2=O. The fraction of sp³-hybridized carbons (Fsp3) is 0.300. The van der Waals surface area contributed by atoms with Gasteiger partial charge in [0.25, 0.3) is 0 Å². The van der Waals surface area contributed by atoms with Gasteiger partial charge < -0.3 is 9.64 Å². The molecule has 3 rings (SSSR count). The van der Waals surface area contributed by atoms with Crippen molar-refractivity contribution >= 4 is 11.8 Å². The Morgan fingerprint density at radius 1 is 0.958 bits per heavy atom. The molecule has 4 heteroatoms. The first-order valence-electron chi connectivity index (χ1n) is 8.34. The van der Waals surface area contributed by atoms with Crippen LogP contribution in [-0.4, -0.2) is 42.9 Å². The Labute approximate surface area is 142 Å². The van der Waals surface area contributed by atoms with E-state index in [2.05, 4.69) is 18.7 Å². The van der Waals surface area contributed by atoms with Gasteiger partial charge in [0.15, 0.2) is 5.78 Å². The standard InChI is InChI=1S/C20H21NO3/c1-3-21(4-2)12-13-24-20(23)17-11-7-10-16-18(17)14-8-5-6-9-15(14)19(16)22/h5-11H,3-4,12-13H2,1-2H3. The van der Waals surface area contributed by atoms with Gasteiger partial charge in [-0.3, -0.25) is 4.79 Å². The van der Waals surface area contributed by atoms with Gasteiger partial charge in [0.1, 0.15) is 6.61 Å². The van der Waals surface area contributed by atoms with E-state index in [0.29, 0.717) is 35.4 Å². The topological polar surface area (TPSA) is 46.6 Å². The smallest absolute Gasteiger partial charge is 0.338 e. The van der Waals surface area contributed by atoms with E-state index in [1.807, 2.05) is 18.2 Å². The molecule has 0 N–H and O–H groups in total. The Kier molecular flexibility index (Phi) is 4.76. The number of esters is 1. The molecule has 0 saturated carbocycles. The van der Waals surface area contributed by atoms with Gasteiger partial charge in [0.05, 0.1) is 5.56 Å². The first kappa shape index (κ1) is 16.4. The van der Waals surface area contributed by atoms with Gasteiger partial charge >= 0.3 is 5.97 Å². The highest BCUT2D eigenvalue weighted by atomic mass is 16.5.